The highest BCUT2D eigenvalue weighted by molar-refractivity contribution is 5.90. The largest absolute Gasteiger partial charge is 0.502 e. The van der Waals surface area contributed by atoms with E-state index in [1.54, 1.807) is 30.3 Å². The highest BCUT2D eigenvalue weighted by Crippen LogP contribution is 2.44. The summed E-state index contributed by atoms with van der Waals surface area (Å²) in [5.74, 6) is -3.11. The second-order valence-corrected chi connectivity index (χ2v) is 10.1. The zero-order valence-electron chi connectivity index (χ0n) is 22.9. The van der Waals surface area contributed by atoms with Crippen LogP contribution in [0.5, 0.6) is 17.2 Å². The topological polar surface area (TPSA) is 255 Å². The van der Waals surface area contributed by atoms with E-state index in [2.05, 4.69) is 0 Å². The molecule has 0 saturated carbocycles. The van der Waals surface area contributed by atoms with Crippen molar-refractivity contribution in [2.45, 2.75) is 61.4 Å². The Balaban J connectivity index is 1.47. The molecule has 0 amide bonds. The first-order valence-electron chi connectivity index (χ1n) is 13.3. The maximum atomic E-state index is 13.3. The Labute approximate surface area is 247 Å². The molecule has 2 aliphatic rings. The first kappa shape index (κ1) is 31.6. The number of fused-ring (bicyclic) bond motifs is 1. The Morgan fingerprint density at radius 2 is 1.59 bits per heavy atom. The van der Waals surface area contributed by atoms with Crippen LogP contribution in [0.15, 0.2) is 51.7 Å². The summed E-state index contributed by atoms with van der Waals surface area (Å²) >= 11 is 0. The number of rotatable bonds is 8. The molecule has 1 aromatic heterocycles. The molecule has 10 unspecified atom stereocenters. The van der Waals surface area contributed by atoms with E-state index in [9.17, 15) is 50.4 Å². The molecule has 0 spiro atoms. The number of carboxylic acid groups (broad SMARTS) is 1. The SMILES string of the molecule is COc1cc2oc(-c3ccccc3)cc(=O)c2c(OC2OC(C(=O)O)C(OC3OC(CO)C(O)C(O)C3O)C(O)C2O)c1O. The number of carbonyl (C=O) groups is 1. The predicted molar refractivity (Wildman–Crippen MR) is 144 cm³/mol. The van der Waals surface area contributed by atoms with Crippen molar-refractivity contribution in [3.63, 3.8) is 0 Å². The van der Waals surface area contributed by atoms with Gasteiger partial charge in [-0.1, -0.05) is 30.3 Å². The molecular weight excluding hydrogens is 592 g/mol. The molecule has 10 atom stereocenters. The lowest BCUT2D eigenvalue weighted by Crippen LogP contribution is -2.65. The minimum Gasteiger partial charge on any atom is -0.502 e. The third-order valence-corrected chi connectivity index (χ3v) is 7.35. The molecule has 2 fully saturated rings. The summed E-state index contributed by atoms with van der Waals surface area (Å²) in [5, 5.41) is 81.9. The van der Waals surface area contributed by atoms with Crippen LogP contribution in [-0.4, -0.2) is 122 Å². The molecule has 3 aromatic rings. The smallest absolute Gasteiger partial charge is 0.335 e. The number of aromatic hydroxyl groups is 1. The Morgan fingerprint density at radius 1 is 0.909 bits per heavy atom. The van der Waals surface area contributed by atoms with Gasteiger partial charge in [-0.2, -0.15) is 0 Å². The molecule has 16 nitrogen and oxygen atoms in total. The minimum absolute atomic E-state index is 0.106. The number of hydrogen-bond acceptors (Lipinski definition) is 15. The van der Waals surface area contributed by atoms with E-state index in [1.807, 2.05) is 0 Å². The van der Waals surface area contributed by atoms with Crippen LogP contribution in [0, 0.1) is 0 Å². The normalized spacial score (nSPS) is 32.3. The lowest BCUT2D eigenvalue weighted by atomic mass is 9.96. The van der Waals surface area contributed by atoms with Gasteiger partial charge >= 0.3 is 5.97 Å². The maximum Gasteiger partial charge on any atom is 0.335 e. The van der Waals surface area contributed by atoms with Gasteiger partial charge in [0.2, 0.25) is 12.0 Å². The highest BCUT2D eigenvalue weighted by Gasteiger charge is 2.53. The maximum absolute atomic E-state index is 13.3. The fraction of sp³-hybridized carbons (Fsp3) is 0.429. The van der Waals surface area contributed by atoms with Gasteiger partial charge in [0.25, 0.3) is 0 Å². The van der Waals surface area contributed by atoms with Gasteiger partial charge in [0, 0.05) is 17.7 Å². The molecule has 0 aliphatic carbocycles. The molecule has 8 N–H and O–H groups in total. The van der Waals surface area contributed by atoms with Gasteiger partial charge in [0.15, 0.2) is 29.3 Å². The Morgan fingerprint density at radius 3 is 2.23 bits per heavy atom. The van der Waals surface area contributed by atoms with Gasteiger partial charge in [-0.25, -0.2) is 4.79 Å². The lowest BCUT2D eigenvalue weighted by Gasteiger charge is -2.45. The molecule has 3 heterocycles. The number of methoxy groups -OCH3 is 1. The molecule has 2 aromatic carbocycles. The number of hydrogen-bond donors (Lipinski definition) is 8. The Bertz CT molecular complexity index is 1540. The monoisotopic (exact) mass is 622 g/mol. The van der Waals surface area contributed by atoms with Crippen molar-refractivity contribution >= 4 is 16.9 Å². The quantitative estimate of drug-likeness (QED) is 0.139. The fourth-order valence-electron chi connectivity index (χ4n) is 5.01. The van der Waals surface area contributed by atoms with Crippen molar-refractivity contribution in [2.24, 2.45) is 0 Å². The first-order chi connectivity index (χ1) is 21.0. The molecule has 238 valence electrons. The van der Waals surface area contributed by atoms with E-state index in [0.29, 0.717) is 5.56 Å². The van der Waals surface area contributed by atoms with Crippen molar-refractivity contribution in [3.8, 4) is 28.6 Å². The van der Waals surface area contributed by atoms with Crippen LogP contribution in [0.4, 0.5) is 0 Å². The van der Waals surface area contributed by atoms with Gasteiger partial charge in [0.05, 0.1) is 13.7 Å². The summed E-state index contributed by atoms with van der Waals surface area (Å²) in [6.45, 7) is -0.811. The number of aliphatic hydroxyl groups excluding tert-OH is 6. The third kappa shape index (κ3) is 5.70. The molecule has 5 rings (SSSR count). The minimum atomic E-state index is -2.12. The summed E-state index contributed by atoms with van der Waals surface area (Å²) < 4.78 is 32.7. The Hall–Kier alpha value is -3.84. The first-order valence-corrected chi connectivity index (χ1v) is 13.3. The fourth-order valence-corrected chi connectivity index (χ4v) is 5.01. The second kappa shape index (κ2) is 12.6. The average molecular weight is 623 g/mol. The summed E-state index contributed by atoms with van der Waals surface area (Å²) in [5.41, 5.74) is -0.238. The van der Waals surface area contributed by atoms with E-state index in [4.69, 9.17) is 28.1 Å². The second-order valence-electron chi connectivity index (χ2n) is 10.1. The van der Waals surface area contributed by atoms with E-state index >= 15 is 0 Å². The van der Waals surface area contributed by atoms with Crippen molar-refractivity contribution < 1.29 is 73.7 Å². The van der Waals surface area contributed by atoms with Gasteiger partial charge in [-0.3, -0.25) is 4.79 Å². The number of benzene rings is 2. The van der Waals surface area contributed by atoms with Crippen molar-refractivity contribution in [2.75, 3.05) is 13.7 Å². The van der Waals surface area contributed by atoms with E-state index in [-0.39, 0.29) is 22.5 Å². The summed E-state index contributed by atoms with van der Waals surface area (Å²) in [6, 6.07) is 11.0. The van der Waals surface area contributed by atoms with Crippen LogP contribution in [0.1, 0.15) is 0 Å². The van der Waals surface area contributed by atoms with Crippen molar-refractivity contribution in [1.29, 1.82) is 0 Å². The summed E-state index contributed by atoms with van der Waals surface area (Å²) in [4.78, 5) is 25.4. The molecule has 0 radical (unpaired) electrons. The van der Waals surface area contributed by atoms with Crippen molar-refractivity contribution in [3.05, 3.63) is 52.7 Å². The van der Waals surface area contributed by atoms with E-state index in [0.717, 1.165) is 6.07 Å². The molecular formula is C28H30O16. The van der Waals surface area contributed by atoms with Crippen LogP contribution < -0.4 is 14.9 Å². The van der Waals surface area contributed by atoms with Crippen LogP contribution in [0.25, 0.3) is 22.3 Å². The number of aliphatic carboxylic acids is 1. The van der Waals surface area contributed by atoms with Crippen LogP contribution in [0.2, 0.25) is 0 Å². The number of aliphatic hydroxyl groups is 6. The van der Waals surface area contributed by atoms with Gasteiger partial charge in [-0.05, 0) is 0 Å². The van der Waals surface area contributed by atoms with Gasteiger partial charge in [-0.15, -0.1) is 0 Å². The number of phenols is 1. The summed E-state index contributed by atoms with van der Waals surface area (Å²) in [6.07, 6.45) is -19.2. The molecule has 0 bridgehead atoms. The van der Waals surface area contributed by atoms with Crippen LogP contribution in [0.3, 0.4) is 0 Å². The lowest BCUT2D eigenvalue weighted by molar-refractivity contribution is -0.348. The molecule has 16 heteroatoms. The Kier molecular flexibility index (Phi) is 9.07. The zero-order chi connectivity index (χ0) is 31.9. The van der Waals surface area contributed by atoms with Crippen LogP contribution >= 0.6 is 0 Å². The highest BCUT2D eigenvalue weighted by atomic mass is 16.7. The number of ether oxygens (including phenoxy) is 5. The third-order valence-electron chi connectivity index (χ3n) is 7.35. The van der Waals surface area contributed by atoms with Gasteiger partial charge < -0.3 is 69.0 Å². The molecule has 2 aliphatic heterocycles. The average Bonchev–Trinajstić information content (AvgIpc) is 3.01. The standard InChI is InChI=1S/C28H30O16/c1-39-14-8-13-16(11(30)7-12(40-13)10-5-3-2-4-6-10)23(18(14)32)42-28-22(36)20(34)24(25(44-28)26(37)38)43-27-21(35)19(33)17(31)15(9-29)41-27/h2-8,15,17,19-22,24-25,27-29,31-36H,9H2,1H3,(H,37,38). The predicted octanol–water partition coefficient (Wildman–Crippen LogP) is -1.73. The van der Waals surface area contributed by atoms with E-state index < -0.39 is 90.9 Å². The molecule has 2 saturated heterocycles. The summed E-state index contributed by atoms with van der Waals surface area (Å²) in [7, 11) is 1.21. The number of carboxylic acids is 1. The van der Waals surface area contributed by atoms with Crippen molar-refractivity contribution in [1.82, 2.24) is 0 Å². The van der Waals surface area contributed by atoms with Crippen LogP contribution in [-0.2, 0) is 19.0 Å². The van der Waals surface area contributed by atoms with E-state index in [1.165, 1.54) is 13.2 Å². The number of phenolic OH excluding ortho intramolecular Hbond substituents is 1. The zero-order valence-corrected chi connectivity index (χ0v) is 22.9. The van der Waals surface area contributed by atoms with Gasteiger partial charge in [0.1, 0.15) is 59.5 Å². The molecule has 44 heavy (non-hydrogen) atoms.